The summed E-state index contributed by atoms with van der Waals surface area (Å²) >= 11 is 0. The van der Waals surface area contributed by atoms with Crippen molar-refractivity contribution in [3.63, 3.8) is 0 Å². The van der Waals surface area contributed by atoms with Gasteiger partial charge >= 0.3 is 0 Å². The summed E-state index contributed by atoms with van der Waals surface area (Å²) in [4.78, 5) is 0. The lowest BCUT2D eigenvalue weighted by molar-refractivity contribution is 0.130. The van der Waals surface area contributed by atoms with Gasteiger partial charge in [0.1, 0.15) is 0 Å². The molecule has 0 heteroatoms. The zero-order valence-electron chi connectivity index (χ0n) is 7.14. The van der Waals surface area contributed by atoms with E-state index in [-0.39, 0.29) is 0 Å². The van der Waals surface area contributed by atoms with Crippen LogP contribution in [0.1, 0.15) is 33.1 Å². The van der Waals surface area contributed by atoms with Crippen LogP contribution in [0.3, 0.4) is 0 Å². The Labute approximate surface area is 64.3 Å². The molecule has 0 amide bonds. The maximum Gasteiger partial charge on any atom is -0.0325 e. The van der Waals surface area contributed by atoms with Crippen molar-refractivity contribution < 1.29 is 0 Å². The van der Waals surface area contributed by atoms with E-state index in [0.717, 1.165) is 17.8 Å². The van der Waals surface area contributed by atoms with Crippen molar-refractivity contribution in [2.24, 2.45) is 17.8 Å². The van der Waals surface area contributed by atoms with Gasteiger partial charge in [0.25, 0.3) is 0 Å². The van der Waals surface area contributed by atoms with E-state index in [2.05, 4.69) is 26.5 Å². The fourth-order valence-electron chi connectivity index (χ4n) is 1.98. The van der Waals surface area contributed by atoms with Gasteiger partial charge in [0.2, 0.25) is 0 Å². The first kappa shape index (κ1) is 7.84. The largest absolute Gasteiger partial charge is 0.103 e. The molecule has 0 N–H and O–H groups in total. The normalized spacial score (nSPS) is 34.6. The molecule has 1 aliphatic rings. The Morgan fingerprint density at radius 3 is 2.60 bits per heavy atom. The molecule has 0 aromatic carbocycles. The lowest BCUT2D eigenvalue weighted by Crippen LogP contribution is -2.28. The predicted molar refractivity (Wildman–Crippen MR) is 45.9 cm³/mol. The summed E-state index contributed by atoms with van der Waals surface area (Å²) in [6.07, 6.45) is 6.16. The summed E-state index contributed by atoms with van der Waals surface area (Å²) in [6, 6.07) is 0. The minimum Gasteiger partial charge on any atom is -0.103 e. The highest BCUT2D eigenvalue weighted by molar-refractivity contribution is 4.84. The van der Waals surface area contributed by atoms with Crippen LogP contribution in [0.5, 0.6) is 0 Å². The molecule has 0 aliphatic heterocycles. The molecule has 1 saturated carbocycles. The van der Waals surface area contributed by atoms with Crippen LogP contribution in [-0.4, -0.2) is 0 Å². The van der Waals surface area contributed by atoms with Crippen LogP contribution >= 0.6 is 0 Å². The van der Waals surface area contributed by atoms with E-state index in [1.807, 2.05) is 0 Å². The maximum absolute atomic E-state index is 3.77. The third-order valence-electron chi connectivity index (χ3n) is 2.96. The summed E-state index contributed by atoms with van der Waals surface area (Å²) in [6.45, 7) is 8.48. The summed E-state index contributed by atoms with van der Waals surface area (Å²) in [7, 11) is 0. The molecule has 3 unspecified atom stereocenters. The van der Waals surface area contributed by atoms with E-state index >= 15 is 0 Å². The molecule has 1 rings (SSSR count). The van der Waals surface area contributed by atoms with Crippen molar-refractivity contribution >= 4 is 0 Å². The van der Waals surface area contributed by atoms with Crippen molar-refractivity contribution in [2.45, 2.75) is 33.1 Å². The number of hydrogen-bond donors (Lipinski definition) is 0. The van der Waals surface area contributed by atoms with Gasteiger partial charge in [0.15, 0.2) is 0 Å². The van der Waals surface area contributed by atoms with Crippen LogP contribution in [0.15, 0.2) is 12.7 Å². The number of allylic oxidation sites excluding steroid dienone is 1. The second-order valence-electron chi connectivity index (χ2n) is 3.72. The molecule has 1 fully saturated rings. The standard InChI is InChI=1S/C10H18/c1-4-5-8(2)10-7-6-9(10)3/h4,8-10H,1,5-7H2,2-3H3. The molecule has 0 nitrogen and oxygen atoms in total. The highest BCUT2D eigenvalue weighted by atomic mass is 14.4. The highest BCUT2D eigenvalue weighted by Crippen LogP contribution is 2.40. The fourth-order valence-corrected chi connectivity index (χ4v) is 1.98. The van der Waals surface area contributed by atoms with Gasteiger partial charge in [-0.2, -0.15) is 0 Å². The molecular formula is C10H18. The highest BCUT2D eigenvalue weighted by Gasteiger charge is 2.30. The van der Waals surface area contributed by atoms with Crippen molar-refractivity contribution in [1.29, 1.82) is 0 Å². The Kier molecular flexibility index (Phi) is 2.53. The summed E-state index contributed by atoms with van der Waals surface area (Å²) < 4.78 is 0. The number of hydrogen-bond acceptors (Lipinski definition) is 0. The Balaban J connectivity index is 2.26. The maximum atomic E-state index is 3.77. The average molecular weight is 138 g/mol. The molecule has 0 heterocycles. The van der Waals surface area contributed by atoms with Gasteiger partial charge in [-0.3, -0.25) is 0 Å². The average Bonchev–Trinajstić information content (AvgIpc) is 1.85. The summed E-state index contributed by atoms with van der Waals surface area (Å²) in [5, 5.41) is 0. The van der Waals surface area contributed by atoms with Gasteiger partial charge in [-0.1, -0.05) is 26.3 Å². The smallest absolute Gasteiger partial charge is 0.0325 e. The molecular weight excluding hydrogens is 120 g/mol. The van der Waals surface area contributed by atoms with Crippen molar-refractivity contribution in [3.8, 4) is 0 Å². The van der Waals surface area contributed by atoms with E-state index in [9.17, 15) is 0 Å². The molecule has 0 aromatic heterocycles. The molecule has 0 spiro atoms. The first-order valence-corrected chi connectivity index (χ1v) is 4.36. The van der Waals surface area contributed by atoms with E-state index in [0.29, 0.717) is 0 Å². The topological polar surface area (TPSA) is 0 Å². The minimum atomic E-state index is 0.876. The van der Waals surface area contributed by atoms with Crippen LogP contribution in [-0.2, 0) is 0 Å². The molecule has 1 aliphatic carbocycles. The van der Waals surface area contributed by atoms with E-state index in [1.165, 1.54) is 19.3 Å². The van der Waals surface area contributed by atoms with Gasteiger partial charge in [-0.05, 0) is 30.6 Å². The third kappa shape index (κ3) is 1.42. The van der Waals surface area contributed by atoms with E-state index in [1.54, 1.807) is 0 Å². The van der Waals surface area contributed by atoms with E-state index in [4.69, 9.17) is 0 Å². The van der Waals surface area contributed by atoms with Crippen LogP contribution in [0.4, 0.5) is 0 Å². The van der Waals surface area contributed by atoms with Crippen LogP contribution < -0.4 is 0 Å². The van der Waals surface area contributed by atoms with Crippen LogP contribution in [0.2, 0.25) is 0 Å². The van der Waals surface area contributed by atoms with Crippen molar-refractivity contribution in [3.05, 3.63) is 12.7 Å². The molecule has 10 heavy (non-hydrogen) atoms. The van der Waals surface area contributed by atoms with Crippen LogP contribution in [0.25, 0.3) is 0 Å². The van der Waals surface area contributed by atoms with Crippen molar-refractivity contribution in [2.75, 3.05) is 0 Å². The molecule has 0 aromatic rings. The Morgan fingerprint density at radius 2 is 2.30 bits per heavy atom. The monoisotopic (exact) mass is 138 g/mol. The molecule has 0 bridgehead atoms. The first-order valence-electron chi connectivity index (χ1n) is 4.36. The van der Waals surface area contributed by atoms with Crippen LogP contribution in [0, 0.1) is 17.8 Å². The Bertz CT molecular complexity index is 115. The minimum absolute atomic E-state index is 0.876. The SMILES string of the molecule is C=CCC(C)C1CCC1C. The first-order chi connectivity index (χ1) is 4.75. The van der Waals surface area contributed by atoms with Crippen molar-refractivity contribution in [1.82, 2.24) is 0 Å². The molecule has 3 atom stereocenters. The predicted octanol–water partition coefficient (Wildman–Crippen LogP) is 3.24. The Hall–Kier alpha value is -0.260. The Morgan fingerprint density at radius 1 is 1.60 bits per heavy atom. The lowest BCUT2D eigenvalue weighted by Gasteiger charge is -2.38. The third-order valence-corrected chi connectivity index (χ3v) is 2.96. The quantitative estimate of drug-likeness (QED) is 0.525. The second-order valence-corrected chi connectivity index (χ2v) is 3.72. The van der Waals surface area contributed by atoms with Gasteiger partial charge in [-0.25, -0.2) is 0 Å². The van der Waals surface area contributed by atoms with Gasteiger partial charge < -0.3 is 0 Å². The summed E-state index contributed by atoms with van der Waals surface area (Å²) in [5.41, 5.74) is 0. The van der Waals surface area contributed by atoms with Gasteiger partial charge in [0.05, 0.1) is 0 Å². The molecule has 0 saturated heterocycles. The molecule has 58 valence electrons. The summed E-state index contributed by atoms with van der Waals surface area (Å²) in [5.74, 6) is 2.86. The van der Waals surface area contributed by atoms with Gasteiger partial charge in [0, 0.05) is 0 Å². The fraction of sp³-hybridized carbons (Fsp3) is 0.800. The zero-order valence-corrected chi connectivity index (χ0v) is 7.14. The second kappa shape index (κ2) is 3.23. The van der Waals surface area contributed by atoms with E-state index < -0.39 is 0 Å². The van der Waals surface area contributed by atoms with Gasteiger partial charge in [-0.15, -0.1) is 6.58 Å². The number of rotatable bonds is 3. The zero-order chi connectivity index (χ0) is 7.56. The molecule has 0 radical (unpaired) electrons. The lowest BCUT2D eigenvalue weighted by atomic mass is 9.68.